The highest BCUT2D eigenvalue weighted by Gasteiger charge is 2.42. The van der Waals surface area contributed by atoms with Gasteiger partial charge in [0.15, 0.2) is 0 Å². The molecule has 2 fully saturated rings. The van der Waals surface area contributed by atoms with Crippen molar-refractivity contribution in [3.8, 4) is 0 Å². The van der Waals surface area contributed by atoms with Gasteiger partial charge < -0.3 is 0 Å². The van der Waals surface area contributed by atoms with Crippen molar-refractivity contribution in [3.63, 3.8) is 0 Å². The molecule has 1 amide bonds. The van der Waals surface area contributed by atoms with Gasteiger partial charge in [0.25, 0.3) is 0 Å². The molecule has 0 bridgehead atoms. The number of hydrogen-bond donors (Lipinski definition) is 2. The Balaban J connectivity index is 1.66. The smallest absolute Gasteiger partial charge is 0.243 e. The summed E-state index contributed by atoms with van der Waals surface area (Å²) in [4.78, 5) is 22.2. The molecule has 5 heteroatoms. The van der Waals surface area contributed by atoms with E-state index in [1.54, 1.807) is 5.48 Å². The minimum absolute atomic E-state index is 0.307. The Bertz CT molecular complexity index is 308. The minimum Gasteiger partial charge on any atom is -0.300 e. The number of unbranched alkanes of at least 4 members (excludes halogenated alkanes) is 1. The highest BCUT2D eigenvalue weighted by atomic mass is 32.2. The molecule has 4 nitrogen and oxygen atoms in total. The van der Waals surface area contributed by atoms with E-state index in [2.05, 4.69) is 0 Å². The molecular weight excluding hydrogens is 238 g/mol. The lowest BCUT2D eigenvalue weighted by Gasteiger charge is -2.16. The van der Waals surface area contributed by atoms with Crippen LogP contribution in [0.5, 0.6) is 0 Å². The Morgan fingerprint density at radius 2 is 2.24 bits per heavy atom. The van der Waals surface area contributed by atoms with Crippen molar-refractivity contribution in [2.45, 2.75) is 43.8 Å². The number of fused-ring (bicyclic) bond motifs is 1. The van der Waals surface area contributed by atoms with Gasteiger partial charge in [0.1, 0.15) is 5.78 Å². The summed E-state index contributed by atoms with van der Waals surface area (Å²) < 4.78 is 0. The number of amides is 1. The lowest BCUT2D eigenvalue weighted by molar-refractivity contribution is -0.129. The zero-order valence-corrected chi connectivity index (χ0v) is 10.7. The van der Waals surface area contributed by atoms with E-state index >= 15 is 0 Å². The Kier molecular flexibility index (Phi) is 4.45. The van der Waals surface area contributed by atoms with E-state index in [1.165, 1.54) is 0 Å². The molecule has 0 aromatic carbocycles. The maximum atomic E-state index is 11.4. The molecule has 0 aromatic rings. The molecule has 1 saturated carbocycles. The molecule has 2 N–H and O–H groups in total. The third-order valence-corrected chi connectivity index (χ3v) is 5.46. The molecule has 17 heavy (non-hydrogen) atoms. The summed E-state index contributed by atoms with van der Waals surface area (Å²) >= 11 is 2.00. The lowest BCUT2D eigenvalue weighted by atomic mass is 9.92. The van der Waals surface area contributed by atoms with Crippen LogP contribution in [0.15, 0.2) is 0 Å². The Labute approximate surface area is 105 Å². The molecule has 3 atom stereocenters. The number of hydroxylamine groups is 1. The van der Waals surface area contributed by atoms with Crippen LogP contribution in [0.4, 0.5) is 0 Å². The van der Waals surface area contributed by atoms with Crippen molar-refractivity contribution in [2.24, 2.45) is 11.8 Å². The number of thioether (sulfide) groups is 1. The summed E-state index contributed by atoms with van der Waals surface area (Å²) in [6.45, 7) is 0. The van der Waals surface area contributed by atoms with Crippen LogP contribution in [0.3, 0.4) is 0 Å². The molecule has 1 saturated heterocycles. The molecule has 1 aliphatic carbocycles. The van der Waals surface area contributed by atoms with E-state index in [0.29, 0.717) is 29.3 Å². The number of ketones is 1. The molecule has 0 radical (unpaired) electrons. The second kappa shape index (κ2) is 5.87. The molecule has 96 valence electrons. The molecule has 0 spiro atoms. The lowest BCUT2D eigenvalue weighted by Crippen LogP contribution is -2.18. The predicted octanol–water partition coefficient (Wildman–Crippen LogP) is 1.76. The Morgan fingerprint density at radius 3 is 3.00 bits per heavy atom. The van der Waals surface area contributed by atoms with E-state index in [9.17, 15) is 9.59 Å². The number of nitrogens with one attached hydrogen (secondary N) is 1. The number of carbonyl (C=O) groups is 2. The fourth-order valence-corrected chi connectivity index (χ4v) is 4.69. The second-order valence-corrected chi connectivity index (χ2v) is 6.30. The van der Waals surface area contributed by atoms with E-state index in [-0.39, 0.29) is 5.91 Å². The SMILES string of the molecule is O=C1C[C@H]2CS[C@@H](CCCCC(=O)NO)[C@H]2C1. The number of Topliss-reactive ketones (excluding diaryl/α,β-unsaturated/α-hetero) is 1. The van der Waals surface area contributed by atoms with Gasteiger partial charge in [-0.25, -0.2) is 5.48 Å². The van der Waals surface area contributed by atoms with Crippen LogP contribution in [0, 0.1) is 11.8 Å². The minimum atomic E-state index is -0.307. The highest BCUT2D eigenvalue weighted by molar-refractivity contribution is 8.00. The summed E-state index contributed by atoms with van der Waals surface area (Å²) in [5, 5.41) is 8.97. The average Bonchev–Trinajstić information content (AvgIpc) is 2.84. The van der Waals surface area contributed by atoms with E-state index in [0.717, 1.165) is 37.9 Å². The van der Waals surface area contributed by atoms with Crippen molar-refractivity contribution in [3.05, 3.63) is 0 Å². The van der Waals surface area contributed by atoms with Gasteiger partial charge in [-0.15, -0.1) is 0 Å². The Morgan fingerprint density at radius 1 is 1.41 bits per heavy atom. The van der Waals surface area contributed by atoms with Gasteiger partial charge in [-0.2, -0.15) is 11.8 Å². The van der Waals surface area contributed by atoms with Gasteiger partial charge in [-0.05, 0) is 30.4 Å². The van der Waals surface area contributed by atoms with E-state index < -0.39 is 0 Å². The van der Waals surface area contributed by atoms with Crippen molar-refractivity contribution < 1.29 is 14.8 Å². The van der Waals surface area contributed by atoms with Crippen molar-refractivity contribution in [1.29, 1.82) is 0 Å². The summed E-state index contributed by atoms with van der Waals surface area (Å²) in [6.07, 6.45) is 4.87. The van der Waals surface area contributed by atoms with Crippen LogP contribution >= 0.6 is 11.8 Å². The zero-order valence-electron chi connectivity index (χ0n) is 9.85. The molecule has 2 rings (SSSR count). The van der Waals surface area contributed by atoms with E-state index in [1.807, 2.05) is 11.8 Å². The highest BCUT2D eigenvalue weighted by Crippen LogP contribution is 2.47. The third-order valence-electron chi connectivity index (χ3n) is 3.83. The van der Waals surface area contributed by atoms with Gasteiger partial charge in [-0.1, -0.05) is 6.42 Å². The van der Waals surface area contributed by atoms with Crippen LogP contribution in [0.25, 0.3) is 0 Å². The molecule has 1 aliphatic heterocycles. The fourth-order valence-electron chi connectivity index (χ4n) is 2.93. The van der Waals surface area contributed by atoms with Crippen LogP contribution in [0.1, 0.15) is 38.5 Å². The van der Waals surface area contributed by atoms with Crippen molar-refractivity contribution in [2.75, 3.05) is 5.75 Å². The van der Waals surface area contributed by atoms with Crippen molar-refractivity contribution in [1.82, 2.24) is 5.48 Å². The standard InChI is InChI=1S/C12H19NO3S/c14-9-5-8-7-17-11(10(8)6-9)3-1-2-4-12(15)13-16/h8,10-11,16H,1-7H2,(H,13,15)/t8-,10-,11-/m0/s1. The van der Waals surface area contributed by atoms with Crippen molar-refractivity contribution >= 4 is 23.5 Å². The first kappa shape index (κ1) is 12.9. The number of carbonyl (C=O) groups excluding carboxylic acids is 2. The van der Waals surface area contributed by atoms with Crippen LogP contribution in [-0.2, 0) is 9.59 Å². The van der Waals surface area contributed by atoms with Crippen LogP contribution in [0.2, 0.25) is 0 Å². The fraction of sp³-hybridized carbons (Fsp3) is 0.833. The van der Waals surface area contributed by atoms with Crippen LogP contribution in [-0.4, -0.2) is 27.9 Å². The first-order valence-corrected chi connectivity index (χ1v) is 7.32. The predicted molar refractivity (Wildman–Crippen MR) is 65.9 cm³/mol. The van der Waals surface area contributed by atoms with Gasteiger partial charge >= 0.3 is 0 Å². The maximum Gasteiger partial charge on any atom is 0.243 e. The molecular formula is C12H19NO3S. The molecule has 0 unspecified atom stereocenters. The van der Waals surface area contributed by atoms with Gasteiger partial charge in [0.05, 0.1) is 0 Å². The molecule has 1 heterocycles. The number of hydrogen-bond acceptors (Lipinski definition) is 4. The summed E-state index contributed by atoms with van der Waals surface area (Å²) in [7, 11) is 0. The maximum absolute atomic E-state index is 11.4. The second-order valence-electron chi connectivity index (χ2n) is 5.02. The quantitative estimate of drug-likeness (QED) is 0.447. The zero-order chi connectivity index (χ0) is 12.3. The first-order valence-electron chi connectivity index (χ1n) is 6.27. The average molecular weight is 257 g/mol. The van der Waals surface area contributed by atoms with Crippen LogP contribution < -0.4 is 5.48 Å². The first-order chi connectivity index (χ1) is 8.20. The van der Waals surface area contributed by atoms with Gasteiger partial charge in [0, 0.05) is 24.5 Å². The summed E-state index contributed by atoms with van der Waals surface area (Å²) in [6, 6.07) is 0. The van der Waals surface area contributed by atoms with Gasteiger partial charge in [-0.3, -0.25) is 14.8 Å². The normalized spacial score (nSPS) is 31.6. The largest absolute Gasteiger partial charge is 0.300 e. The van der Waals surface area contributed by atoms with Gasteiger partial charge in [0.2, 0.25) is 5.91 Å². The number of rotatable bonds is 5. The summed E-state index contributed by atoms with van der Waals surface area (Å²) in [5.41, 5.74) is 1.65. The van der Waals surface area contributed by atoms with E-state index in [4.69, 9.17) is 5.21 Å². The Hall–Kier alpha value is -0.550. The topological polar surface area (TPSA) is 66.4 Å². The third kappa shape index (κ3) is 3.22. The molecule has 2 aliphatic rings. The monoisotopic (exact) mass is 257 g/mol. The molecule has 0 aromatic heterocycles. The summed E-state index contributed by atoms with van der Waals surface area (Å²) in [5.74, 6) is 2.48.